The van der Waals surface area contributed by atoms with Crippen molar-refractivity contribution >= 4 is 40.6 Å². The van der Waals surface area contributed by atoms with E-state index in [0.29, 0.717) is 22.8 Å². The number of halogens is 2. The maximum atomic E-state index is 14.7. The molecule has 0 fully saturated rings. The number of benzene rings is 2. The van der Waals surface area contributed by atoms with Crippen molar-refractivity contribution in [3.8, 4) is 0 Å². The monoisotopic (exact) mass is 418 g/mol. The van der Waals surface area contributed by atoms with E-state index in [1.165, 1.54) is 19.2 Å². The Bertz CT molecular complexity index is 913. The molecule has 3 rings (SSSR count). The van der Waals surface area contributed by atoms with Gasteiger partial charge in [0.2, 0.25) is 0 Å². The van der Waals surface area contributed by atoms with E-state index in [9.17, 15) is 9.18 Å². The average molecular weight is 419 g/mol. The van der Waals surface area contributed by atoms with Crippen LogP contribution in [0.3, 0.4) is 0 Å². The molecule has 0 amide bonds. The number of thiocarbonyl (C=S) groups is 1. The van der Waals surface area contributed by atoms with E-state index in [2.05, 4.69) is 5.32 Å². The van der Waals surface area contributed by atoms with E-state index >= 15 is 0 Å². The number of carbonyl (C=O) groups is 1. The van der Waals surface area contributed by atoms with Gasteiger partial charge in [0.15, 0.2) is 5.11 Å². The molecule has 1 N–H and O–H groups in total. The van der Waals surface area contributed by atoms with Crippen molar-refractivity contribution in [1.29, 1.82) is 0 Å². The SMILES string of the molecule is CCCC1=C(C(=O)OC)C(c2c(F)cccc2Cl)NC(=S)N1c1ccccc1. The third kappa shape index (κ3) is 3.75. The van der Waals surface area contributed by atoms with Crippen LogP contribution in [0.4, 0.5) is 10.1 Å². The second-order valence-electron chi connectivity index (χ2n) is 6.29. The minimum Gasteiger partial charge on any atom is -0.466 e. The molecule has 2 aromatic carbocycles. The number of nitrogens with zero attached hydrogens (tertiary/aromatic N) is 1. The van der Waals surface area contributed by atoms with Crippen molar-refractivity contribution < 1.29 is 13.9 Å². The summed E-state index contributed by atoms with van der Waals surface area (Å²) in [6.07, 6.45) is 1.32. The van der Waals surface area contributed by atoms with Gasteiger partial charge < -0.3 is 10.1 Å². The summed E-state index contributed by atoms with van der Waals surface area (Å²) in [6, 6.07) is 13.0. The number of hydrogen-bond acceptors (Lipinski definition) is 3. The first-order valence-electron chi connectivity index (χ1n) is 8.90. The molecule has 0 spiro atoms. The van der Waals surface area contributed by atoms with Gasteiger partial charge in [-0.2, -0.15) is 0 Å². The van der Waals surface area contributed by atoms with Gasteiger partial charge >= 0.3 is 5.97 Å². The van der Waals surface area contributed by atoms with E-state index in [1.54, 1.807) is 11.0 Å². The van der Waals surface area contributed by atoms with Crippen molar-refractivity contribution in [1.82, 2.24) is 5.32 Å². The van der Waals surface area contributed by atoms with Crippen LogP contribution in [0, 0.1) is 5.82 Å². The predicted molar refractivity (Wildman–Crippen MR) is 113 cm³/mol. The molecule has 1 aliphatic rings. The van der Waals surface area contributed by atoms with E-state index in [4.69, 9.17) is 28.6 Å². The Morgan fingerprint density at radius 2 is 1.96 bits per heavy atom. The normalized spacial score (nSPS) is 16.8. The van der Waals surface area contributed by atoms with Gasteiger partial charge in [0.05, 0.1) is 18.7 Å². The fourth-order valence-corrected chi connectivity index (χ4v) is 3.96. The zero-order valence-corrected chi connectivity index (χ0v) is 17.1. The van der Waals surface area contributed by atoms with E-state index < -0.39 is 17.8 Å². The molecule has 4 nitrogen and oxygen atoms in total. The Morgan fingerprint density at radius 3 is 2.57 bits per heavy atom. The molecular weight excluding hydrogens is 399 g/mol. The number of rotatable bonds is 5. The minimum atomic E-state index is -0.838. The first-order valence-corrected chi connectivity index (χ1v) is 9.69. The molecule has 28 heavy (non-hydrogen) atoms. The Morgan fingerprint density at radius 1 is 1.25 bits per heavy atom. The van der Waals surface area contributed by atoms with Crippen LogP contribution in [0.25, 0.3) is 0 Å². The number of ether oxygens (including phenoxy) is 1. The van der Waals surface area contributed by atoms with Gasteiger partial charge in [0, 0.05) is 22.0 Å². The lowest BCUT2D eigenvalue weighted by atomic mass is 9.92. The van der Waals surface area contributed by atoms with E-state index in [-0.39, 0.29) is 10.6 Å². The molecule has 0 aliphatic carbocycles. The van der Waals surface area contributed by atoms with Crippen LogP contribution in [0.5, 0.6) is 0 Å². The maximum Gasteiger partial charge on any atom is 0.338 e. The van der Waals surface area contributed by atoms with Gasteiger partial charge in [-0.05, 0) is 42.9 Å². The zero-order valence-electron chi connectivity index (χ0n) is 15.5. The van der Waals surface area contributed by atoms with E-state index in [0.717, 1.165) is 12.1 Å². The molecule has 7 heteroatoms. The van der Waals surface area contributed by atoms with E-state index in [1.807, 2.05) is 37.3 Å². The second-order valence-corrected chi connectivity index (χ2v) is 7.08. The highest BCUT2D eigenvalue weighted by molar-refractivity contribution is 7.80. The average Bonchev–Trinajstić information content (AvgIpc) is 2.68. The van der Waals surface area contributed by atoms with Crippen LogP contribution in [-0.4, -0.2) is 18.2 Å². The summed E-state index contributed by atoms with van der Waals surface area (Å²) < 4.78 is 19.7. The van der Waals surface area contributed by atoms with Crippen molar-refractivity contribution in [2.24, 2.45) is 0 Å². The van der Waals surface area contributed by atoms with Crippen LogP contribution < -0.4 is 10.2 Å². The molecule has 0 saturated heterocycles. The number of esters is 1. The third-order valence-corrected chi connectivity index (χ3v) is 5.17. The smallest absolute Gasteiger partial charge is 0.338 e. The number of methoxy groups -OCH3 is 1. The summed E-state index contributed by atoms with van der Waals surface area (Å²) >= 11 is 11.9. The van der Waals surface area contributed by atoms with Crippen LogP contribution in [0.1, 0.15) is 31.4 Å². The quantitative estimate of drug-likeness (QED) is 0.537. The molecule has 0 radical (unpaired) electrons. The number of hydrogen-bond donors (Lipinski definition) is 1. The van der Waals surface area contributed by atoms with Crippen molar-refractivity contribution in [3.05, 3.63) is 76.2 Å². The van der Waals surface area contributed by atoms with Gasteiger partial charge in [-0.25, -0.2) is 9.18 Å². The lowest BCUT2D eigenvalue weighted by Gasteiger charge is -2.39. The van der Waals surface area contributed by atoms with Crippen LogP contribution >= 0.6 is 23.8 Å². The largest absolute Gasteiger partial charge is 0.466 e. The van der Waals surface area contributed by atoms with Crippen LogP contribution in [0.15, 0.2) is 59.8 Å². The lowest BCUT2D eigenvalue weighted by molar-refractivity contribution is -0.136. The van der Waals surface area contributed by atoms with Gasteiger partial charge in [0.25, 0.3) is 0 Å². The number of anilines is 1. The number of nitrogens with one attached hydrogen (secondary N) is 1. The molecule has 1 aliphatic heterocycles. The molecule has 2 aromatic rings. The topological polar surface area (TPSA) is 41.6 Å². The molecule has 1 unspecified atom stereocenters. The highest BCUT2D eigenvalue weighted by Gasteiger charge is 2.38. The maximum absolute atomic E-state index is 14.7. The number of allylic oxidation sites excluding steroid dienone is 1. The summed E-state index contributed by atoms with van der Waals surface area (Å²) in [7, 11) is 1.30. The molecular formula is C21H20ClFN2O2S. The first kappa shape index (κ1) is 20.3. The Labute approximate surface area is 173 Å². The fourth-order valence-electron chi connectivity index (χ4n) is 3.35. The molecule has 0 bridgehead atoms. The summed E-state index contributed by atoms with van der Waals surface area (Å²) in [4.78, 5) is 14.6. The second kappa shape index (κ2) is 8.71. The van der Waals surface area contributed by atoms with Gasteiger partial charge in [-0.3, -0.25) is 4.90 Å². The Hall–Kier alpha value is -2.44. The molecule has 1 heterocycles. The zero-order chi connectivity index (χ0) is 20.3. The van der Waals surface area contributed by atoms with Crippen LogP contribution in [0.2, 0.25) is 5.02 Å². The Kier molecular flexibility index (Phi) is 6.31. The molecule has 146 valence electrons. The van der Waals surface area contributed by atoms with Crippen molar-refractivity contribution in [2.75, 3.05) is 12.0 Å². The number of carbonyl (C=O) groups excluding carboxylic acids is 1. The van der Waals surface area contributed by atoms with Crippen molar-refractivity contribution in [2.45, 2.75) is 25.8 Å². The lowest BCUT2D eigenvalue weighted by Crippen LogP contribution is -2.49. The number of para-hydroxylation sites is 1. The fraction of sp³-hybridized carbons (Fsp3) is 0.238. The van der Waals surface area contributed by atoms with Gasteiger partial charge in [-0.15, -0.1) is 0 Å². The molecule has 0 aromatic heterocycles. The summed E-state index contributed by atoms with van der Waals surface area (Å²) in [5.41, 5.74) is 1.96. The Balaban J connectivity index is 2.27. The van der Waals surface area contributed by atoms with Crippen LogP contribution in [-0.2, 0) is 9.53 Å². The summed E-state index contributed by atoms with van der Waals surface area (Å²) in [5.74, 6) is -1.07. The summed E-state index contributed by atoms with van der Waals surface area (Å²) in [5, 5.41) is 3.67. The summed E-state index contributed by atoms with van der Waals surface area (Å²) in [6.45, 7) is 2.00. The highest BCUT2D eigenvalue weighted by Crippen LogP contribution is 2.39. The first-order chi connectivity index (χ1) is 13.5. The minimum absolute atomic E-state index is 0.174. The highest BCUT2D eigenvalue weighted by atomic mass is 35.5. The van der Waals surface area contributed by atoms with Crippen molar-refractivity contribution in [3.63, 3.8) is 0 Å². The van der Waals surface area contributed by atoms with Gasteiger partial charge in [0.1, 0.15) is 5.82 Å². The molecule has 0 saturated carbocycles. The predicted octanol–water partition coefficient (Wildman–Crippen LogP) is 5.14. The molecule has 1 atom stereocenters. The third-order valence-electron chi connectivity index (χ3n) is 4.54. The standard InChI is InChI=1S/C21H20ClFN2O2S/c1-3-8-16-18(20(26)27-2)19(17-14(22)11-7-12-15(17)23)24-21(28)25(16)13-9-5-4-6-10-13/h4-7,9-12,19H,3,8H2,1-2H3,(H,24,28). The van der Waals surface area contributed by atoms with Gasteiger partial charge in [-0.1, -0.05) is 49.2 Å².